The molecule has 2 N–H and O–H groups in total. The van der Waals surface area contributed by atoms with Gasteiger partial charge in [0.05, 0.1) is 25.7 Å². The molecular weight excluding hydrogens is 507 g/mol. The molecule has 0 aromatic rings. The summed E-state index contributed by atoms with van der Waals surface area (Å²) >= 11 is 0. The lowest BCUT2D eigenvalue weighted by Gasteiger charge is -2.35. The molecule has 7 nitrogen and oxygen atoms in total. The molecule has 1 atom stereocenters. The first-order valence-corrected chi connectivity index (χ1v) is 16.9. The predicted molar refractivity (Wildman–Crippen MR) is 167 cm³/mol. The third-order valence-electron chi connectivity index (χ3n) is 6.62. The minimum atomic E-state index is -1.28. The van der Waals surface area contributed by atoms with Crippen LogP contribution < -0.4 is 10.6 Å². The monoisotopic (exact) mass is 568 g/mol. The van der Waals surface area contributed by atoms with Crippen molar-refractivity contribution >= 4 is 14.6 Å². The van der Waals surface area contributed by atoms with E-state index in [1.165, 1.54) is 83.5 Å². The second-order valence-electron chi connectivity index (χ2n) is 11.1. The van der Waals surface area contributed by atoms with Gasteiger partial charge in [-0.05, 0) is 46.1 Å². The van der Waals surface area contributed by atoms with Crippen molar-refractivity contribution < 1.29 is 13.8 Å². The van der Waals surface area contributed by atoms with Crippen molar-refractivity contribution in [1.29, 1.82) is 5.26 Å². The van der Waals surface area contributed by atoms with Gasteiger partial charge in [-0.2, -0.15) is 5.26 Å². The fraction of sp³-hybridized carbons (Fsp3) is 0.871. The highest BCUT2D eigenvalue weighted by atomic mass is 31.2. The van der Waals surface area contributed by atoms with E-state index in [0.717, 1.165) is 18.5 Å². The Morgan fingerprint density at radius 3 is 1.79 bits per heavy atom. The van der Waals surface area contributed by atoms with E-state index in [0.29, 0.717) is 32.6 Å². The number of hydrogen-bond acceptors (Lipinski definition) is 5. The summed E-state index contributed by atoms with van der Waals surface area (Å²) in [6.45, 7) is 16.8. The molecule has 1 unspecified atom stereocenters. The van der Waals surface area contributed by atoms with Gasteiger partial charge in [-0.15, -0.1) is 0 Å². The van der Waals surface area contributed by atoms with Crippen LogP contribution in [-0.4, -0.2) is 49.1 Å². The smallest absolute Gasteiger partial charge is 0.314 e. The number of nitriles is 1. The van der Waals surface area contributed by atoms with Crippen LogP contribution >= 0.6 is 8.53 Å². The van der Waals surface area contributed by atoms with Crippen molar-refractivity contribution in [3.63, 3.8) is 0 Å². The van der Waals surface area contributed by atoms with Gasteiger partial charge >= 0.3 is 6.03 Å². The fourth-order valence-electron chi connectivity index (χ4n) is 4.47. The Morgan fingerprint density at radius 1 is 0.821 bits per heavy atom. The van der Waals surface area contributed by atoms with Crippen LogP contribution in [0.15, 0.2) is 12.2 Å². The van der Waals surface area contributed by atoms with E-state index >= 15 is 0 Å². The lowest BCUT2D eigenvalue weighted by Crippen LogP contribution is -2.36. The van der Waals surface area contributed by atoms with E-state index in [4.69, 9.17) is 14.3 Å². The van der Waals surface area contributed by atoms with Crippen molar-refractivity contribution in [3.8, 4) is 6.07 Å². The maximum atomic E-state index is 12.1. The summed E-state index contributed by atoms with van der Waals surface area (Å²) in [6, 6.07) is 2.52. The van der Waals surface area contributed by atoms with Crippen LogP contribution in [0, 0.1) is 11.3 Å². The summed E-state index contributed by atoms with van der Waals surface area (Å²) in [5.41, 5.74) is 0.908. The summed E-state index contributed by atoms with van der Waals surface area (Å²) < 4.78 is 14.2. The molecule has 0 fully saturated rings. The summed E-state index contributed by atoms with van der Waals surface area (Å²) in [6.07, 6.45) is 19.7. The second-order valence-corrected chi connectivity index (χ2v) is 12.6. The Bertz CT molecular complexity index is 632. The number of hydrogen-bond donors (Lipinski definition) is 2. The molecule has 8 heteroatoms. The van der Waals surface area contributed by atoms with E-state index in [9.17, 15) is 4.79 Å². The zero-order chi connectivity index (χ0) is 29.1. The third kappa shape index (κ3) is 23.2. The molecule has 2 amide bonds. The van der Waals surface area contributed by atoms with Gasteiger partial charge in [-0.3, -0.25) is 0 Å². The molecule has 0 aliphatic heterocycles. The first-order valence-electron chi connectivity index (χ1n) is 15.7. The van der Waals surface area contributed by atoms with Crippen LogP contribution in [0.1, 0.15) is 137 Å². The SMILES string of the molecule is C=C(CCNC(=O)NCCCCCCCCCCCCCCCC)COP(OCCC#N)N(C(C)C)C(C)C. The molecule has 0 spiro atoms. The van der Waals surface area contributed by atoms with Gasteiger partial charge < -0.3 is 19.7 Å². The standard InChI is InChI=1S/C31H61N4O3P/c1-7-8-9-10-11-12-13-14-15-16-17-18-19-20-24-33-31(36)34-25-22-30(6)27-38-39(37-26-21-23-32)35(28(2)3)29(4)5/h28-29H,6-22,24-27H2,1-5H3,(H2,33,34,36). The maximum absolute atomic E-state index is 12.1. The minimum absolute atomic E-state index is 0.119. The molecule has 228 valence electrons. The first-order chi connectivity index (χ1) is 18.8. The molecule has 0 saturated carbocycles. The lowest BCUT2D eigenvalue weighted by atomic mass is 10.0. The van der Waals surface area contributed by atoms with E-state index in [-0.39, 0.29) is 18.1 Å². The van der Waals surface area contributed by atoms with Gasteiger partial charge in [-0.1, -0.05) is 97.0 Å². The van der Waals surface area contributed by atoms with Crippen LogP contribution in [0.3, 0.4) is 0 Å². The highest BCUT2D eigenvalue weighted by molar-refractivity contribution is 7.44. The van der Waals surface area contributed by atoms with E-state index in [2.05, 4.69) is 62.6 Å². The van der Waals surface area contributed by atoms with Gasteiger partial charge in [0, 0.05) is 25.2 Å². The fourth-order valence-corrected chi connectivity index (χ4v) is 6.10. The van der Waals surface area contributed by atoms with E-state index < -0.39 is 8.53 Å². The molecule has 0 heterocycles. The topological polar surface area (TPSA) is 86.6 Å². The third-order valence-corrected chi connectivity index (χ3v) is 8.68. The average Bonchev–Trinajstić information content (AvgIpc) is 2.89. The van der Waals surface area contributed by atoms with Gasteiger partial charge in [0.25, 0.3) is 8.53 Å². The van der Waals surface area contributed by atoms with E-state index in [1.54, 1.807) is 0 Å². The van der Waals surface area contributed by atoms with Gasteiger partial charge in [0.2, 0.25) is 0 Å². The van der Waals surface area contributed by atoms with Crippen LogP contribution in [0.5, 0.6) is 0 Å². The first kappa shape index (κ1) is 37.8. The van der Waals surface area contributed by atoms with Crippen molar-refractivity contribution in [2.45, 2.75) is 149 Å². The number of carbonyl (C=O) groups excluding carboxylic acids is 1. The van der Waals surface area contributed by atoms with Crippen molar-refractivity contribution in [3.05, 3.63) is 12.2 Å². The summed E-state index contributed by atoms with van der Waals surface area (Å²) in [5.74, 6) is 0. The number of carbonyl (C=O) groups is 1. The highest BCUT2D eigenvalue weighted by Gasteiger charge is 2.27. The Hall–Kier alpha value is -1.19. The molecule has 0 aliphatic rings. The Labute approximate surface area is 242 Å². The molecule has 0 aromatic carbocycles. The number of amides is 2. The zero-order valence-electron chi connectivity index (χ0n) is 26.1. The highest BCUT2D eigenvalue weighted by Crippen LogP contribution is 2.46. The second kappa shape index (κ2) is 27.0. The number of urea groups is 1. The van der Waals surface area contributed by atoms with Crippen molar-refractivity contribution in [1.82, 2.24) is 15.3 Å². The summed E-state index contributed by atoms with van der Waals surface area (Å²) in [5, 5.41) is 14.7. The minimum Gasteiger partial charge on any atom is -0.338 e. The number of unbranched alkanes of at least 4 members (excludes halogenated alkanes) is 13. The molecule has 39 heavy (non-hydrogen) atoms. The molecule has 0 bridgehead atoms. The molecule has 0 rings (SSSR count). The Balaban J connectivity index is 3.81. The van der Waals surface area contributed by atoms with Crippen LogP contribution in [0.4, 0.5) is 4.79 Å². The molecule has 0 aromatic heterocycles. The van der Waals surface area contributed by atoms with Crippen LogP contribution in [-0.2, 0) is 9.05 Å². The summed E-state index contributed by atoms with van der Waals surface area (Å²) in [4.78, 5) is 12.1. The van der Waals surface area contributed by atoms with Gasteiger partial charge in [0.15, 0.2) is 0 Å². The number of nitrogens with one attached hydrogen (secondary N) is 2. The van der Waals surface area contributed by atoms with Gasteiger partial charge in [-0.25, -0.2) is 9.46 Å². The Morgan fingerprint density at radius 2 is 1.31 bits per heavy atom. The quantitative estimate of drug-likeness (QED) is 0.0586. The molecule has 0 saturated heterocycles. The normalized spacial score (nSPS) is 12.2. The zero-order valence-corrected chi connectivity index (χ0v) is 27.0. The van der Waals surface area contributed by atoms with Crippen LogP contribution in [0.25, 0.3) is 0 Å². The van der Waals surface area contributed by atoms with Crippen molar-refractivity contribution in [2.24, 2.45) is 0 Å². The van der Waals surface area contributed by atoms with Gasteiger partial charge in [0.1, 0.15) is 0 Å². The van der Waals surface area contributed by atoms with E-state index in [1.807, 2.05) is 0 Å². The Kier molecular flexibility index (Phi) is 26.2. The lowest BCUT2D eigenvalue weighted by molar-refractivity contribution is 0.184. The molecular formula is C31H61N4O3P. The largest absolute Gasteiger partial charge is 0.338 e. The predicted octanol–water partition coefficient (Wildman–Crippen LogP) is 9.01. The van der Waals surface area contributed by atoms with Crippen molar-refractivity contribution in [2.75, 3.05) is 26.3 Å². The number of nitrogens with zero attached hydrogens (tertiary/aromatic N) is 2. The van der Waals surface area contributed by atoms with Crippen LogP contribution in [0.2, 0.25) is 0 Å². The maximum Gasteiger partial charge on any atom is 0.314 e. The summed E-state index contributed by atoms with van der Waals surface area (Å²) in [7, 11) is -1.28. The molecule has 0 radical (unpaired) electrons. The number of rotatable bonds is 27. The molecule has 0 aliphatic carbocycles. The average molecular weight is 569 g/mol.